The normalized spacial score (nSPS) is 20.8. The Morgan fingerprint density at radius 1 is 1.33 bits per heavy atom. The molecule has 0 unspecified atom stereocenters. The predicted octanol–water partition coefficient (Wildman–Crippen LogP) is 2.39. The van der Waals surface area contributed by atoms with Crippen molar-refractivity contribution in [3.63, 3.8) is 0 Å². The Morgan fingerprint density at radius 2 is 2.13 bits per heavy atom. The molecule has 1 fully saturated rings. The smallest absolute Gasteiger partial charge is 0.0662 e. The lowest BCUT2D eigenvalue weighted by molar-refractivity contribution is 0.0767. The third-order valence-electron chi connectivity index (χ3n) is 2.72. The summed E-state index contributed by atoms with van der Waals surface area (Å²) in [5.74, 6) is 0. The summed E-state index contributed by atoms with van der Waals surface area (Å²) < 4.78 is 5.46. The molecule has 1 aliphatic heterocycles. The van der Waals surface area contributed by atoms with Crippen molar-refractivity contribution in [1.29, 1.82) is 0 Å². The summed E-state index contributed by atoms with van der Waals surface area (Å²) in [6, 6.07) is 6.98. The molecule has 0 saturated carbocycles. The summed E-state index contributed by atoms with van der Waals surface area (Å²) in [6.07, 6.45) is 0. The molecule has 3 heteroatoms. The summed E-state index contributed by atoms with van der Waals surface area (Å²) in [7, 11) is 0. The first-order valence-electron chi connectivity index (χ1n) is 5.15. The SMILES string of the molecule is Cc1ccc([C@@H]2COCCN2)c(C)c1.Cl. The van der Waals surface area contributed by atoms with Crippen LogP contribution in [0.1, 0.15) is 22.7 Å². The summed E-state index contributed by atoms with van der Waals surface area (Å²) in [5, 5.41) is 3.47. The fraction of sp³-hybridized carbons (Fsp3) is 0.500. The molecule has 1 atom stereocenters. The number of nitrogens with one attached hydrogen (secondary N) is 1. The van der Waals surface area contributed by atoms with E-state index in [1.54, 1.807) is 0 Å². The fourth-order valence-electron chi connectivity index (χ4n) is 1.98. The maximum Gasteiger partial charge on any atom is 0.0662 e. The Hall–Kier alpha value is -0.570. The van der Waals surface area contributed by atoms with Crippen molar-refractivity contribution in [3.8, 4) is 0 Å². The van der Waals surface area contributed by atoms with Crippen LogP contribution in [-0.2, 0) is 4.74 Å². The minimum atomic E-state index is 0. The van der Waals surface area contributed by atoms with E-state index in [0.29, 0.717) is 6.04 Å². The molecular weight excluding hydrogens is 210 g/mol. The van der Waals surface area contributed by atoms with E-state index in [-0.39, 0.29) is 12.4 Å². The number of aryl methyl sites for hydroxylation is 2. The number of halogens is 1. The molecule has 2 nitrogen and oxygen atoms in total. The molecule has 0 radical (unpaired) electrons. The predicted molar refractivity (Wildman–Crippen MR) is 64.7 cm³/mol. The lowest BCUT2D eigenvalue weighted by Crippen LogP contribution is -2.34. The van der Waals surface area contributed by atoms with Crippen LogP contribution >= 0.6 is 12.4 Å². The molecule has 1 N–H and O–H groups in total. The van der Waals surface area contributed by atoms with E-state index in [1.807, 2.05) is 0 Å². The highest BCUT2D eigenvalue weighted by Gasteiger charge is 2.16. The van der Waals surface area contributed by atoms with Gasteiger partial charge in [0.1, 0.15) is 0 Å². The second-order valence-electron chi connectivity index (χ2n) is 3.94. The monoisotopic (exact) mass is 227 g/mol. The highest BCUT2D eigenvalue weighted by Crippen LogP contribution is 2.20. The largest absolute Gasteiger partial charge is 0.378 e. The van der Waals surface area contributed by atoms with E-state index in [4.69, 9.17) is 4.74 Å². The molecule has 15 heavy (non-hydrogen) atoms. The molecule has 1 aromatic carbocycles. The van der Waals surface area contributed by atoms with E-state index >= 15 is 0 Å². The number of rotatable bonds is 1. The second-order valence-corrected chi connectivity index (χ2v) is 3.94. The van der Waals surface area contributed by atoms with Crippen LogP contribution in [0.4, 0.5) is 0 Å². The van der Waals surface area contributed by atoms with E-state index in [2.05, 4.69) is 37.4 Å². The Bertz CT molecular complexity index is 321. The van der Waals surface area contributed by atoms with E-state index < -0.39 is 0 Å². The van der Waals surface area contributed by atoms with Crippen LogP contribution in [0.5, 0.6) is 0 Å². The van der Waals surface area contributed by atoms with Crippen molar-refractivity contribution < 1.29 is 4.74 Å². The molecule has 2 rings (SSSR count). The molecule has 1 heterocycles. The Kier molecular flexibility index (Phi) is 4.58. The molecule has 1 aromatic rings. The molecule has 1 saturated heterocycles. The average molecular weight is 228 g/mol. The van der Waals surface area contributed by atoms with Gasteiger partial charge in [-0.05, 0) is 25.0 Å². The van der Waals surface area contributed by atoms with Crippen LogP contribution < -0.4 is 5.32 Å². The van der Waals surface area contributed by atoms with Gasteiger partial charge >= 0.3 is 0 Å². The van der Waals surface area contributed by atoms with Crippen molar-refractivity contribution >= 4 is 12.4 Å². The van der Waals surface area contributed by atoms with Gasteiger partial charge in [0.15, 0.2) is 0 Å². The molecule has 0 aromatic heterocycles. The second kappa shape index (κ2) is 5.50. The van der Waals surface area contributed by atoms with Crippen molar-refractivity contribution in [2.45, 2.75) is 19.9 Å². The molecule has 0 amide bonds. The zero-order valence-corrected chi connectivity index (χ0v) is 10.1. The summed E-state index contributed by atoms with van der Waals surface area (Å²) in [5.41, 5.74) is 4.05. The van der Waals surface area contributed by atoms with Gasteiger partial charge in [-0.3, -0.25) is 0 Å². The van der Waals surface area contributed by atoms with Crippen LogP contribution in [0.15, 0.2) is 18.2 Å². The van der Waals surface area contributed by atoms with Crippen molar-refractivity contribution in [1.82, 2.24) is 5.32 Å². The van der Waals surface area contributed by atoms with E-state index in [1.165, 1.54) is 16.7 Å². The quantitative estimate of drug-likeness (QED) is 0.796. The van der Waals surface area contributed by atoms with Gasteiger partial charge in [0, 0.05) is 6.54 Å². The number of morpholine rings is 1. The third-order valence-corrected chi connectivity index (χ3v) is 2.72. The number of hydrogen-bond donors (Lipinski definition) is 1. The van der Waals surface area contributed by atoms with Gasteiger partial charge < -0.3 is 10.1 Å². The van der Waals surface area contributed by atoms with Crippen molar-refractivity contribution in [2.75, 3.05) is 19.8 Å². The summed E-state index contributed by atoms with van der Waals surface area (Å²) >= 11 is 0. The van der Waals surface area contributed by atoms with Crippen LogP contribution in [0.2, 0.25) is 0 Å². The number of hydrogen-bond acceptors (Lipinski definition) is 2. The van der Waals surface area contributed by atoms with Crippen LogP contribution in [-0.4, -0.2) is 19.8 Å². The van der Waals surface area contributed by atoms with Gasteiger partial charge in [0.05, 0.1) is 19.3 Å². The van der Waals surface area contributed by atoms with Gasteiger partial charge in [0.2, 0.25) is 0 Å². The maximum atomic E-state index is 5.46. The Morgan fingerprint density at radius 3 is 2.73 bits per heavy atom. The van der Waals surface area contributed by atoms with Gasteiger partial charge in [-0.1, -0.05) is 23.8 Å². The Balaban J connectivity index is 0.00000112. The molecule has 0 aliphatic carbocycles. The topological polar surface area (TPSA) is 21.3 Å². The van der Waals surface area contributed by atoms with Crippen molar-refractivity contribution in [3.05, 3.63) is 34.9 Å². The van der Waals surface area contributed by atoms with E-state index in [9.17, 15) is 0 Å². The molecule has 84 valence electrons. The number of benzene rings is 1. The maximum absolute atomic E-state index is 5.46. The highest BCUT2D eigenvalue weighted by atomic mass is 35.5. The lowest BCUT2D eigenvalue weighted by Gasteiger charge is -2.25. The van der Waals surface area contributed by atoms with Crippen molar-refractivity contribution in [2.24, 2.45) is 0 Å². The molecule has 0 bridgehead atoms. The van der Waals surface area contributed by atoms with E-state index in [0.717, 1.165) is 19.8 Å². The van der Waals surface area contributed by atoms with Gasteiger partial charge in [0.25, 0.3) is 0 Å². The molecule has 0 spiro atoms. The molecular formula is C12H18ClNO. The van der Waals surface area contributed by atoms with Gasteiger partial charge in [-0.25, -0.2) is 0 Å². The Labute approximate surface area is 97.4 Å². The molecule has 1 aliphatic rings. The number of ether oxygens (including phenoxy) is 1. The lowest BCUT2D eigenvalue weighted by atomic mass is 9.99. The summed E-state index contributed by atoms with van der Waals surface area (Å²) in [4.78, 5) is 0. The minimum absolute atomic E-state index is 0. The average Bonchev–Trinajstić information content (AvgIpc) is 2.19. The highest BCUT2D eigenvalue weighted by molar-refractivity contribution is 5.85. The fourth-order valence-corrected chi connectivity index (χ4v) is 1.98. The minimum Gasteiger partial charge on any atom is -0.378 e. The third kappa shape index (κ3) is 2.94. The van der Waals surface area contributed by atoms with Gasteiger partial charge in [-0.2, -0.15) is 0 Å². The van der Waals surface area contributed by atoms with Gasteiger partial charge in [-0.15, -0.1) is 12.4 Å². The first-order chi connectivity index (χ1) is 6.77. The van der Waals surface area contributed by atoms with Crippen LogP contribution in [0.3, 0.4) is 0 Å². The standard InChI is InChI=1S/C12H17NO.ClH/c1-9-3-4-11(10(2)7-9)12-8-14-6-5-13-12;/h3-4,7,12-13H,5-6,8H2,1-2H3;1H/t12-;/m0./s1. The first-order valence-corrected chi connectivity index (χ1v) is 5.15. The van der Waals surface area contributed by atoms with Crippen LogP contribution in [0, 0.1) is 13.8 Å². The zero-order chi connectivity index (χ0) is 9.97. The first kappa shape index (κ1) is 12.5. The summed E-state index contributed by atoms with van der Waals surface area (Å²) in [6.45, 7) is 6.88. The van der Waals surface area contributed by atoms with Crippen LogP contribution in [0.25, 0.3) is 0 Å². The zero-order valence-electron chi connectivity index (χ0n) is 9.25.